The van der Waals surface area contributed by atoms with Crippen molar-refractivity contribution in [3.63, 3.8) is 0 Å². The Morgan fingerprint density at radius 1 is 1.00 bits per heavy atom. The number of benzene rings is 2. The molecule has 0 unspecified atom stereocenters. The van der Waals surface area contributed by atoms with Gasteiger partial charge >= 0.3 is 0 Å². The van der Waals surface area contributed by atoms with Crippen molar-refractivity contribution in [3.05, 3.63) is 64.1 Å². The number of halogens is 1. The monoisotopic (exact) mass is 416 g/mol. The summed E-state index contributed by atoms with van der Waals surface area (Å²) in [7, 11) is 0. The summed E-state index contributed by atoms with van der Waals surface area (Å²) in [5.41, 5.74) is 4.85. The van der Waals surface area contributed by atoms with Crippen molar-refractivity contribution < 1.29 is 9.53 Å². The summed E-state index contributed by atoms with van der Waals surface area (Å²) < 4.78 is 6.70. The second-order valence-electron chi connectivity index (χ2n) is 6.08. The van der Waals surface area contributed by atoms with E-state index in [4.69, 9.17) is 4.74 Å². The second kappa shape index (κ2) is 10.8. The van der Waals surface area contributed by atoms with Gasteiger partial charge in [0, 0.05) is 10.0 Å². The first-order valence-corrected chi connectivity index (χ1v) is 9.73. The Kier molecular flexibility index (Phi) is 8.35. The zero-order valence-electron chi connectivity index (χ0n) is 15.3. The average Bonchev–Trinajstić information content (AvgIpc) is 2.66. The quantitative estimate of drug-likeness (QED) is 0.330. The van der Waals surface area contributed by atoms with E-state index >= 15 is 0 Å². The molecule has 0 heterocycles. The molecule has 0 aromatic heterocycles. The van der Waals surface area contributed by atoms with Crippen molar-refractivity contribution in [1.82, 2.24) is 5.43 Å². The van der Waals surface area contributed by atoms with E-state index in [0.717, 1.165) is 27.9 Å². The number of hydrogen-bond acceptors (Lipinski definition) is 3. The zero-order chi connectivity index (χ0) is 18.8. The van der Waals surface area contributed by atoms with Gasteiger partial charge in [-0.3, -0.25) is 4.79 Å². The molecule has 0 aliphatic carbocycles. The summed E-state index contributed by atoms with van der Waals surface area (Å²) in [5.74, 6) is 0.545. The number of rotatable bonds is 9. The van der Waals surface area contributed by atoms with Crippen LogP contribution in [0, 0.1) is 0 Å². The van der Waals surface area contributed by atoms with Crippen LogP contribution in [-0.2, 0) is 0 Å². The first kappa shape index (κ1) is 20.2. The molecule has 26 heavy (non-hydrogen) atoms. The molecule has 4 nitrogen and oxygen atoms in total. The third-order valence-electron chi connectivity index (χ3n) is 3.97. The Labute approximate surface area is 163 Å². The predicted molar refractivity (Wildman–Crippen MR) is 110 cm³/mol. The number of carbonyl (C=O) groups is 1. The molecule has 0 spiro atoms. The third kappa shape index (κ3) is 6.64. The van der Waals surface area contributed by atoms with Crippen molar-refractivity contribution in [2.45, 2.75) is 39.5 Å². The molecule has 0 aliphatic rings. The average molecular weight is 417 g/mol. The van der Waals surface area contributed by atoms with Gasteiger partial charge in [0.25, 0.3) is 5.91 Å². The fourth-order valence-electron chi connectivity index (χ4n) is 2.38. The molecule has 0 atom stereocenters. The number of hydrazone groups is 1. The van der Waals surface area contributed by atoms with Gasteiger partial charge in [-0.05, 0) is 55.3 Å². The van der Waals surface area contributed by atoms with Gasteiger partial charge < -0.3 is 4.74 Å². The number of amides is 1. The van der Waals surface area contributed by atoms with Gasteiger partial charge in [-0.2, -0.15) is 5.10 Å². The molecule has 5 heteroatoms. The van der Waals surface area contributed by atoms with Crippen LogP contribution in [0.4, 0.5) is 0 Å². The standard InChI is InChI=1S/C21H25BrN2O2/c1-3-4-5-6-15-26-20-13-9-18(10-14-20)21(25)24-23-16(2)17-7-11-19(22)12-8-17/h7-14H,3-6,15H2,1-2H3,(H,24,25)/b23-16+. The minimum absolute atomic E-state index is 0.240. The molecule has 0 fully saturated rings. The second-order valence-corrected chi connectivity index (χ2v) is 6.99. The molecule has 138 valence electrons. The number of unbranched alkanes of at least 4 members (excludes halogenated alkanes) is 3. The largest absolute Gasteiger partial charge is 0.494 e. The number of hydrogen-bond donors (Lipinski definition) is 1. The van der Waals surface area contributed by atoms with E-state index in [2.05, 4.69) is 33.4 Å². The van der Waals surface area contributed by atoms with E-state index in [-0.39, 0.29) is 5.91 Å². The first-order valence-electron chi connectivity index (χ1n) is 8.93. The number of nitrogens with zero attached hydrogens (tertiary/aromatic N) is 1. The Balaban J connectivity index is 1.85. The lowest BCUT2D eigenvalue weighted by molar-refractivity contribution is 0.0955. The molecule has 0 radical (unpaired) electrons. The summed E-state index contributed by atoms with van der Waals surface area (Å²) in [6.45, 7) is 4.76. The van der Waals surface area contributed by atoms with Crippen molar-refractivity contribution in [3.8, 4) is 5.75 Å². The van der Waals surface area contributed by atoms with Gasteiger partial charge in [0.2, 0.25) is 0 Å². The molecule has 2 aromatic rings. The highest BCUT2D eigenvalue weighted by Gasteiger charge is 2.05. The number of nitrogens with one attached hydrogen (secondary N) is 1. The summed E-state index contributed by atoms with van der Waals surface area (Å²) >= 11 is 3.40. The van der Waals surface area contributed by atoms with Crippen LogP contribution in [0.15, 0.2) is 58.1 Å². The SMILES string of the molecule is CCCCCCOc1ccc(C(=O)N/N=C(\C)c2ccc(Br)cc2)cc1. The first-order chi connectivity index (χ1) is 12.6. The van der Waals surface area contributed by atoms with Crippen LogP contribution in [0.3, 0.4) is 0 Å². The fourth-order valence-corrected chi connectivity index (χ4v) is 2.64. The lowest BCUT2D eigenvalue weighted by Gasteiger charge is -2.07. The minimum Gasteiger partial charge on any atom is -0.494 e. The van der Waals surface area contributed by atoms with Gasteiger partial charge in [0.1, 0.15) is 5.75 Å². The Morgan fingerprint density at radius 3 is 2.31 bits per heavy atom. The maximum Gasteiger partial charge on any atom is 0.271 e. The van der Waals surface area contributed by atoms with Crippen LogP contribution in [-0.4, -0.2) is 18.2 Å². The van der Waals surface area contributed by atoms with E-state index in [0.29, 0.717) is 12.2 Å². The van der Waals surface area contributed by atoms with Crippen molar-refractivity contribution in [2.75, 3.05) is 6.61 Å². The molecular weight excluding hydrogens is 392 g/mol. The highest BCUT2D eigenvalue weighted by atomic mass is 79.9. The van der Waals surface area contributed by atoms with Gasteiger partial charge in [-0.1, -0.05) is 54.2 Å². The van der Waals surface area contributed by atoms with Crippen molar-refractivity contribution in [2.24, 2.45) is 5.10 Å². The molecule has 0 aliphatic heterocycles. The summed E-state index contributed by atoms with van der Waals surface area (Å²) in [6.07, 6.45) is 4.70. The molecule has 2 aromatic carbocycles. The normalized spacial score (nSPS) is 11.3. The van der Waals surface area contributed by atoms with E-state index in [1.807, 2.05) is 43.3 Å². The predicted octanol–water partition coefficient (Wildman–Crippen LogP) is 5.56. The maximum atomic E-state index is 12.2. The Bertz CT molecular complexity index is 725. The molecular formula is C21H25BrN2O2. The van der Waals surface area contributed by atoms with Crippen LogP contribution in [0.2, 0.25) is 0 Å². The van der Waals surface area contributed by atoms with Gasteiger partial charge in [0.15, 0.2) is 0 Å². The lowest BCUT2D eigenvalue weighted by Crippen LogP contribution is -2.19. The highest BCUT2D eigenvalue weighted by Crippen LogP contribution is 2.14. The third-order valence-corrected chi connectivity index (χ3v) is 4.50. The van der Waals surface area contributed by atoms with Crippen LogP contribution in [0.25, 0.3) is 0 Å². The molecule has 0 bridgehead atoms. The van der Waals surface area contributed by atoms with Gasteiger partial charge in [0.05, 0.1) is 12.3 Å². The van der Waals surface area contributed by atoms with E-state index in [1.54, 1.807) is 12.1 Å². The smallest absolute Gasteiger partial charge is 0.271 e. The topological polar surface area (TPSA) is 50.7 Å². The van der Waals surface area contributed by atoms with Crippen molar-refractivity contribution in [1.29, 1.82) is 0 Å². The Morgan fingerprint density at radius 2 is 1.65 bits per heavy atom. The minimum atomic E-state index is -0.240. The van der Waals surface area contributed by atoms with Crippen LogP contribution >= 0.6 is 15.9 Å². The van der Waals surface area contributed by atoms with Crippen LogP contribution < -0.4 is 10.2 Å². The van der Waals surface area contributed by atoms with E-state index < -0.39 is 0 Å². The molecule has 0 saturated carbocycles. The molecule has 1 amide bonds. The molecule has 1 N–H and O–H groups in total. The lowest BCUT2D eigenvalue weighted by atomic mass is 10.1. The van der Waals surface area contributed by atoms with Crippen LogP contribution in [0.5, 0.6) is 5.75 Å². The zero-order valence-corrected chi connectivity index (χ0v) is 16.9. The number of ether oxygens (including phenoxy) is 1. The number of carbonyl (C=O) groups excluding carboxylic acids is 1. The van der Waals surface area contributed by atoms with E-state index in [9.17, 15) is 4.79 Å². The highest BCUT2D eigenvalue weighted by molar-refractivity contribution is 9.10. The summed E-state index contributed by atoms with van der Waals surface area (Å²) in [6, 6.07) is 14.9. The van der Waals surface area contributed by atoms with E-state index in [1.165, 1.54) is 19.3 Å². The fraction of sp³-hybridized carbons (Fsp3) is 0.333. The summed E-state index contributed by atoms with van der Waals surface area (Å²) in [4.78, 5) is 12.2. The molecule has 0 saturated heterocycles. The summed E-state index contributed by atoms with van der Waals surface area (Å²) in [5, 5.41) is 4.17. The van der Waals surface area contributed by atoms with Crippen molar-refractivity contribution >= 4 is 27.5 Å². The van der Waals surface area contributed by atoms with Crippen LogP contribution in [0.1, 0.15) is 55.5 Å². The maximum absolute atomic E-state index is 12.2. The van der Waals surface area contributed by atoms with Gasteiger partial charge in [-0.15, -0.1) is 0 Å². The molecule has 2 rings (SSSR count). The Hall–Kier alpha value is -2.14. The van der Waals surface area contributed by atoms with Gasteiger partial charge in [-0.25, -0.2) is 5.43 Å².